The summed E-state index contributed by atoms with van der Waals surface area (Å²) >= 11 is 0.337. The molecule has 0 atom stereocenters. The van der Waals surface area contributed by atoms with E-state index >= 15 is 0 Å². The Hall–Kier alpha value is -2.61. The summed E-state index contributed by atoms with van der Waals surface area (Å²) in [6.07, 6.45) is 0.806. The number of hydrogen-bond acceptors (Lipinski definition) is 4. The van der Waals surface area contributed by atoms with Crippen molar-refractivity contribution in [1.82, 2.24) is 9.55 Å². The third kappa shape index (κ3) is 3.37. The molecule has 0 saturated heterocycles. The number of para-hydroxylation sites is 2. The number of thioether (sulfide) groups is 1. The molecule has 2 aromatic carbocycles. The van der Waals surface area contributed by atoms with Crippen LogP contribution < -0.4 is 10.1 Å². The topological polar surface area (TPSA) is 56.2 Å². The first-order valence-electron chi connectivity index (χ1n) is 8.06. The molecular weight excluding hydrogens is 360 g/mol. The summed E-state index contributed by atoms with van der Waals surface area (Å²) in [7, 11) is 0. The number of ether oxygens (including phenoxy) is 1. The summed E-state index contributed by atoms with van der Waals surface area (Å²) in [5.41, 5.74) is 2.93. The Bertz CT molecular complexity index is 974. The minimum Gasteiger partial charge on any atom is -0.493 e. The van der Waals surface area contributed by atoms with E-state index in [1.54, 1.807) is 30.3 Å². The van der Waals surface area contributed by atoms with Crippen molar-refractivity contribution in [2.75, 3.05) is 11.9 Å². The fraction of sp³-hybridized carbons (Fsp3) is 0.222. The van der Waals surface area contributed by atoms with Gasteiger partial charge in [0.15, 0.2) is 5.16 Å². The summed E-state index contributed by atoms with van der Waals surface area (Å²) in [5, 5.41) is 2.94. The van der Waals surface area contributed by atoms with Gasteiger partial charge in [0.25, 0.3) is 5.76 Å². The van der Waals surface area contributed by atoms with E-state index in [2.05, 4.69) is 10.3 Å². The predicted molar refractivity (Wildman–Crippen MR) is 95.9 cm³/mol. The molecule has 4 rings (SSSR count). The molecule has 1 amide bonds. The van der Waals surface area contributed by atoms with Gasteiger partial charge in [-0.15, -0.1) is 0 Å². The second kappa shape index (κ2) is 6.95. The van der Waals surface area contributed by atoms with Crippen molar-refractivity contribution in [2.24, 2.45) is 0 Å². The number of halogens is 2. The van der Waals surface area contributed by atoms with Crippen LogP contribution in [0.15, 0.2) is 47.6 Å². The van der Waals surface area contributed by atoms with Gasteiger partial charge >= 0.3 is 0 Å². The Morgan fingerprint density at radius 3 is 3.00 bits per heavy atom. The molecule has 1 N–H and O–H groups in total. The molecule has 2 heterocycles. The van der Waals surface area contributed by atoms with Gasteiger partial charge in [0, 0.05) is 12.1 Å². The van der Waals surface area contributed by atoms with Crippen LogP contribution >= 0.6 is 11.8 Å². The number of aromatic nitrogens is 2. The zero-order valence-corrected chi connectivity index (χ0v) is 14.4. The average molecular weight is 375 g/mol. The third-order valence-electron chi connectivity index (χ3n) is 4.09. The first-order chi connectivity index (χ1) is 12.6. The second-order valence-corrected chi connectivity index (χ2v) is 6.77. The molecule has 8 heteroatoms. The van der Waals surface area contributed by atoms with Crippen LogP contribution in [-0.4, -0.2) is 27.8 Å². The van der Waals surface area contributed by atoms with Gasteiger partial charge in [0.05, 0.1) is 17.6 Å². The number of carbonyl (C=O) groups is 1. The van der Waals surface area contributed by atoms with Crippen molar-refractivity contribution >= 4 is 34.4 Å². The van der Waals surface area contributed by atoms with Gasteiger partial charge in [-0.2, -0.15) is 8.78 Å². The number of benzene rings is 2. The summed E-state index contributed by atoms with van der Waals surface area (Å²) in [6.45, 7) is 0.547. The quantitative estimate of drug-likeness (QED) is 0.687. The standard InChI is InChI=1S/C18H15F2N3O2S/c19-17(20)26-18-22-13-3-1-2-4-14(13)23(18)10-16(24)21-12-5-6-15-11(9-12)7-8-25-15/h1-6,9,17H,7-8,10H2,(H,21,24). The number of carbonyl (C=O) groups excluding carboxylic acids is 1. The SMILES string of the molecule is O=C(Cn1c(SC(F)F)nc2ccccc21)Nc1ccc2c(c1)CCO2. The van der Waals surface area contributed by atoms with Crippen molar-refractivity contribution in [3.05, 3.63) is 48.0 Å². The Balaban J connectivity index is 1.57. The second-order valence-electron chi connectivity index (χ2n) is 5.82. The molecule has 0 saturated carbocycles. The highest BCUT2D eigenvalue weighted by molar-refractivity contribution is 7.99. The fourth-order valence-corrected chi connectivity index (χ4v) is 3.58. The number of nitrogens with one attached hydrogen (secondary N) is 1. The molecular formula is C18H15F2N3O2S. The fourth-order valence-electron chi connectivity index (χ4n) is 2.98. The van der Waals surface area contributed by atoms with Gasteiger partial charge in [-0.1, -0.05) is 12.1 Å². The first-order valence-corrected chi connectivity index (χ1v) is 8.94. The first kappa shape index (κ1) is 16.8. The highest BCUT2D eigenvalue weighted by atomic mass is 32.2. The van der Waals surface area contributed by atoms with Crippen LogP contribution in [0.4, 0.5) is 14.5 Å². The van der Waals surface area contributed by atoms with Crippen molar-refractivity contribution in [3.63, 3.8) is 0 Å². The van der Waals surface area contributed by atoms with Gasteiger partial charge in [-0.3, -0.25) is 4.79 Å². The van der Waals surface area contributed by atoms with E-state index in [-0.39, 0.29) is 17.6 Å². The number of nitrogens with zero attached hydrogens (tertiary/aromatic N) is 2. The predicted octanol–water partition coefficient (Wildman–Crippen LogP) is 3.92. The molecule has 0 fully saturated rings. The van der Waals surface area contributed by atoms with Crippen molar-refractivity contribution in [2.45, 2.75) is 23.9 Å². The number of alkyl halides is 2. The van der Waals surface area contributed by atoms with Crippen LogP contribution in [0, 0.1) is 0 Å². The summed E-state index contributed by atoms with van der Waals surface area (Å²) in [5.74, 6) is -2.08. The summed E-state index contributed by atoms with van der Waals surface area (Å²) < 4.78 is 32.6. The molecule has 0 aliphatic carbocycles. The number of imidazole rings is 1. The monoisotopic (exact) mass is 375 g/mol. The van der Waals surface area contributed by atoms with E-state index in [4.69, 9.17) is 4.74 Å². The maximum atomic E-state index is 12.8. The molecule has 26 heavy (non-hydrogen) atoms. The Morgan fingerprint density at radius 2 is 2.15 bits per heavy atom. The van der Waals surface area contributed by atoms with Crippen LogP contribution in [0.5, 0.6) is 5.75 Å². The maximum Gasteiger partial charge on any atom is 0.291 e. The zero-order valence-electron chi connectivity index (χ0n) is 13.6. The molecule has 1 aliphatic rings. The average Bonchev–Trinajstić information content (AvgIpc) is 3.19. The van der Waals surface area contributed by atoms with E-state index in [1.807, 2.05) is 12.1 Å². The highest BCUT2D eigenvalue weighted by Crippen LogP contribution is 2.29. The number of amides is 1. The molecule has 0 radical (unpaired) electrons. The Kier molecular flexibility index (Phi) is 4.50. The number of anilines is 1. The maximum absolute atomic E-state index is 12.8. The Morgan fingerprint density at radius 1 is 1.31 bits per heavy atom. The lowest BCUT2D eigenvalue weighted by Gasteiger charge is -2.10. The van der Waals surface area contributed by atoms with Gasteiger partial charge < -0.3 is 14.6 Å². The zero-order chi connectivity index (χ0) is 18.1. The number of rotatable bonds is 5. The number of fused-ring (bicyclic) bond motifs is 2. The van der Waals surface area contributed by atoms with Crippen LogP contribution in [0.1, 0.15) is 5.56 Å². The van der Waals surface area contributed by atoms with E-state index in [9.17, 15) is 13.6 Å². The molecule has 3 aromatic rings. The third-order valence-corrected chi connectivity index (χ3v) is 4.79. The van der Waals surface area contributed by atoms with E-state index in [0.717, 1.165) is 17.7 Å². The molecule has 5 nitrogen and oxygen atoms in total. The number of hydrogen-bond donors (Lipinski definition) is 1. The largest absolute Gasteiger partial charge is 0.493 e. The van der Waals surface area contributed by atoms with Crippen molar-refractivity contribution in [1.29, 1.82) is 0 Å². The van der Waals surface area contributed by atoms with E-state index < -0.39 is 5.76 Å². The summed E-state index contributed by atoms with van der Waals surface area (Å²) in [4.78, 5) is 16.7. The minimum absolute atomic E-state index is 0.0941. The minimum atomic E-state index is -2.61. The van der Waals surface area contributed by atoms with Gasteiger partial charge in [-0.05, 0) is 47.7 Å². The van der Waals surface area contributed by atoms with Crippen LogP contribution in [0.25, 0.3) is 11.0 Å². The molecule has 1 aliphatic heterocycles. The van der Waals surface area contributed by atoms with Crippen LogP contribution in [0.2, 0.25) is 0 Å². The lowest BCUT2D eigenvalue weighted by molar-refractivity contribution is -0.116. The summed E-state index contributed by atoms with van der Waals surface area (Å²) in [6, 6.07) is 12.5. The van der Waals surface area contributed by atoms with Crippen LogP contribution in [0.3, 0.4) is 0 Å². The molecule has 0 bridgehead atoms. The smallest absolute Gasteiger partial charge is 0.291 e. The van der Waals surface area contributed by atoms with Gasteiger partial charge in [0.1, 0.15) is 12.3 Å². The molecule has 0 unspecified atom stereocenters. The molecule has 134 valence electrons. The lowest BCUT2D eigenvalue weighted by atomic mass is 10.1. The van der Waals surface area contributed by atoms with Gasteiger partial charge in [-0.25, -0.2) is 4.98 Å². The normalized spacial score (nSPS) is 13.0. The van der Waals surface area contributed by atoms with Gasteiger partial charge in [0.2, 0.25) is 5.91 Å². The van der Waals surface area contributed by atoms with Crippen molar-refractivity contribution < 1.29 is 18.3 Å². The highest BCUT2D eigenvalue weighted by Gasteiger charge is 2.18. The Labute approximate surface area is 152 Å². The lowest BCUT2D eigenvalue weighted by Crippen LogP contribution is -2.19. The van der Waals surface area contributed by atoms with E-state index in [0.29, 0.717) is 35.1 Å². The molecule has 0 spiro atoms. The van der Waals surface area contributed by atoms with Crippen molar-refractivity contribution in [3.8, 4) is 5.75 Å². The van der Waals surface area contributed by atoms with E-state index in [1.165, 1.54) is 4.57 Å². The van der Waals surface area contributed by atoms with Crippen LogP contribution in [-0.2, 0) is 17.8 Å². The molecule has 1 aromatic heterocycles.